The number of nitrogens with zero attached hydrogens (tertiary/aromatic N) is 1. The number of halogens is 4. The number of rotatable bonds is 4. The zero-order valence-electron chi connectivity index (χ0n) is 10.8. The lowest BCUT2D eigenvalue weighted by molar-refractivity contribution is 0.313. The van der Waals surface area contributed by atoms with E-state index >= 15 is 0 Å². The van der Waals surface area contributed by atoms with Crippen molar-refractivity contribution in [3.8, 4) is 0 Å². The van der Waals surface area contributed by atoms with Crippen LogP contribution in [0.2, 0.25) is 0 Å². The molecule has 1 saturated heterocycles. The van der Waals surface area contributed by atoms with Crippen LogP contribution < -0.4 is 5.32 Å². The minimum Gasteiger partial charge on any atom is -0.319 e. The molecule has 0 aliphatic carbocycles. The van der Waals surface area contributed by atoms with Gasteiger partial charge in [-0.25, -0.2) is 13.2 Å². The van der Waals surface area contributed by atoms with Crippen molar-refractivity contribution >= 4 is 12.4 Å². The summed E-state index contributed by atoms with van der Waals surface area (Å²) in [5.41, 5.74) is 0.483. The lowest BCUT2D eigenvalue weighted by atomic mass is 10.1. The van der Waals surface area contributed by atoms with Crippen molar-refractivity contribution in [2.24, 2.45) is 5.92 Å². The van der Waals surface area contributed by atoms with Gasteiger partial charge < -0.3 is 5.32 Å². The Morgan fingerprint density at radius 3 is 2.47 bits per heavy atom. The van der Waals surface area contributed by atoms with Gasteiger partial charge in [0.05, 0.1) is 0 Å². The predicted molar refractivity (Wildman–Crippen MR) is 70.9 cm³/mol. The Hall–Kier alpha value is -0.780. The van der Waals surface area contributed by atoms with Crippen LogP contribution in [0.5, 0.6) is 0 Å². The van der Waals surface area contributed by atoms with Crippen molar-refractivity contribution < 1.29 is 13.2 Å². The molecular formula is C13H18ClF3N2. The fourth-order valence-electron chi connectivity index (χ4n) is 2.47. The van der Waals surface area contributed by atoms with E-state index in [4.69, 9.17) is 0 Å². The van der Waals surface area contributed by atoms with Crippen LogP contribution in [0.1, 0.15) is 12.0 Å². The molecule has 2 rings (SSSR count). The Bertz CT molecular complexity index is 405. The third-order valence-corrected chi connectivity index (χ3v) is 3.31. The van der Waals surface area contributed by atoms with Gasteiger partial charge in [0.15, 0.2) is 17.5 Å². The van der Waals surface area contributed by atoms with Gasteiger partial charge in [-0.1, -0.05) is 0 Å². The molecule has 19 heavy (non-hydrogen) atoms. The summed E-state index contributed by atoms with van der Waals surface area (Å²) in [5.74, 6) is -3.05. The second kappa shape index (κ2) is 7.12. The Balaban J connectivity index is 0.00000180. The lowest BCUT2D eigenvalue weighted by Gasteiger charge is -2.16. The van der Waals surface area contributed by atoms with E-state index in [0.29, 0.717) is 18.0 Å². The van der Waals surface area contributed by atoms with E-state index in [-0.39, 0.29) is 12.4 Å². The molecule has 1 heterocycles. The van der Waals surface area contributed by atoms with Crippen LogP contribution in [0, 0.1) is 23.4 Å². The number of likely N-dealkylation sites (tertiary alicyclic amines) is 1. The largest absolute Gasteiger partial charge is 0.319 e. The quantitative estimate of drug-likeness (QED) is 0.859. The highest BCUT2D eigenvalue weighted by molar-refractivity contribution is 5.85. The fraction of sp³-hybridized carbons (Fsp3) is 0.538. The summed E-state index contributed by atoms with van der Waals surface area (Å²) in [6.07, 6.45) is 1.08. The van der Waals surface area contributed by atoms with Gasteiger partial charge in [-0.15, -0.1) is 12.4 Å². The summed E-state index contributed by atoms with van der Waals surface area (Å²) in [6, 6.07) is 2.15. The van der Waals surface area contributed by atoms with Crippen LogP contribution in [0.15, 0.2) is 12.1 Å². The van der Waals surface area contributed by atoms with Crippen molar-refractivity contribution in [2.75, 3.05) is 26.7 Å². The van der Waals surface area contributed by atoms with Crippen LogP contribution in [0.4, 0.5) is 13.2 Å². The van der Waals surface area contributed by atoms with E-state index in [1.807, 2.05) is 7.05 Å². The third-order valence-electron chi connectivity index (χ3n) is 3.31. The first-order valence-electron chi connectivity index (χ1n) is 6.10. The molecule has 0 spiro atoms. The average Bonchev–Trinajstić information content (AvgIpc) is 2.74. The van der Waals surface area contributed by atoms with Gasteiger partial charge in [0.1, 0.15) is 0 Å². The molecule has 0 radical (unpaired) electrons. The lowest BCUT2D eigenvalue weighted by Crippen LogP contribution is -2.24. The Morgan fingerprint density at radius 1 is 1.26 bits per heavy atom. The monoisotopic (exact) mass is 294 g/mol. The van der Waals surface area contributed by atoms with Gasteiger partial charge in [0.25, 0.3) is 0 Å². The predicted octanol–water partition coefficient (Wildman–Crippen LogP) is 2.57. The molecule has 1 aromatic carbocycles. The highest BCUT2D eigenvalue weighted by Crippen LogP contribution is 2.20. The summed E-state index contributed by atoms with van der Waals surface area (Å²) >= 11 is 0. The summed E-state index contributed by atoms with van der Waals surface area (Å²) < 4.78 is 39.0. The zero-order chi connectivity index (χ0) is 13.1. The van der Waals surface area contributed by atoms with Gasteiger partial charge in [0.2, 0.25) is 0 Å². The molecular weight excluding hydrogens is 277 g/mol. The summed E-state index contributed by atoms with van der Waals surface area (Å²) in [7, 11) is 1.91. The second-order valence-corrected chi connectivity index (χ2v) is 4.82. The summed E-state index contributed by atoms with van der Waals surface area (Å²) in [6.45, 7) is 3.23. The third kappa shape index (κ3) is 4.09. The van der Waals surface area contributed by atoms with Gasteiger partial charge in [-0.2, -0.15) is 0 Å². The molecule has 0 saturated carbocycles. The summed E-state index contributed by atoms with van der Waals surface area (Å²) in [4.78, 5) is 2.13. The van der Waals surface area contributed by atoms with Crippen LogP contribution in [-0.4, -0.2) is 31.6 Å². The van der Waals surface area contributed by atoms with Gasteiger partial charge in [-0.3, -0.25) is 4.90 Å². The molecule has 0 bridgehead atoms. The molecule has 1 fully saturated rings. The normalized spacial score (nSPS) is 19.5. The fourth-order valence-corrected chi connectivity index (χ4v) is 2.47. The Labute approximate surface area is 117 Å². The minimum absolute atomic E-state index is 0. The molecule has 1 N–H and O–H groups in total. The zero-order valence-corrected chi connectivity index (χ0v) is 11.6. The van der Waals surface area contributed by atoms with E-state index in [9.17, 15) is 13.2 Å². The first-order chi connectivity index (χ1) is 8.60. The van der Waals surface area contributed by atoms with Crippen molar-refractivity contribution in [1.29, 1.82) is 0 Å². The molecule has 0 amide bonds. The molecule has 1 aliphatic heterocycles. The summed E-state index contributed by atoms with van der Waals surface area (Å²) in [5, 5.41) is 3.12. The van der Waals surface area contributed by atoms with E-state index in [0.717, 1.165) is 38.2 Å². The number of nitrogens with one attached hydrogen (secondary N) is 1. The van der Waals surface area contributed by atoms with Crippen molar-refractivity contribution in [3.63, 3.8) is 0 Å². The van der Waals surface area contributed by atoms with Crippen LogP contribution >= 0.6 is 12.4 Å². The molecule has 1 unspecified atom stereocenters. The van der Waals surface area contributed by atoms with E-state index < -0.39 is 17.5 Å². The molecule has 2 nitrogen and oxygen atoms in total. The maximum absolute atomic E-state index is 13.1. The van der Waals surface area contributed by atoms with E-state index in [1.165, 1.54) is 0 Å². The van der Waals surface area contributed by atoms with E-state index in [1.54, 1.807) is 0 Å². The molecule has 1 aliphatic rings. The van der Waals surface area contributed by atoms with Crippen molar-refractivity contribution in [2.45, 2.75) is 13.0 Å². The van der Waals surface area contributed by atoms with Crippen LogP contribution in [0.3, 0.4) is 0 Å². The topological polar surface area (TPSA) is 15.3 Å². The van der Waals surface area contributed by atoms with Crippen LogP contribution in [0.25, 0.3) is 0 Å². The van der Waals surface area contributed by atoms with Crippen molar-refractivity contribution in [1.82, 2.24) is 10.2 Å². The number of hydrogen-bond acceptors (Lipinski definition) is 2. The highest BCUT2D eigenvalue weighted by atomic mass is 35.5. The first kappa shape index (κ1) is 16.3. The Kier molecular flexibility index (Phi) is 6.10. The highest BCUT2D eigenvalue weighted by Gasteiger charge is 2.22. The maximum Gasteiger partial charge on any atom is 0.194 e. The number of benzene rings is 1. The molecule has 0 aromatic heterocycles. The average molecular weight is 295 g/mol. The first-order valence-corrected chi connectivity index (χ1v) is 6.10. The minimum atomic E-state index is -1.40. The van der Waals surface area contributed by atoms with Crippen LogP contribution in [-0.2, 0) is 6.54 Å². The van der Waals surface area contributed by atoms with Gasteiger partial charge >= 0.3 is 0 Å². The number of hydrogen-bond donors (Lipinski definition) is 1. The van der Waals surface area contributed by atoms with Crippen molar-refractivity contribution in [3.05, 3.63) is 35.1 Å². The SMILES string of the molecule is CNCC1CCN(Cc2cc(F)c(F)c(F)c2)C1.Cl. The van der Waals surface area contributed by atoms with Gasteiger partial charge in [-0.05, 0) is 50.2 Å². The maximum atomic E-state index is 13.1. The molecule has 1 atom stereocenters. The van der Waals surface area contributed by atoms with Gasteiger partial charge in [0, 0.05) is 13.1 Å². The second-order valence-electron chi connectivity index (χ2n) is 4.82. The van der Waals surface area contributed by atoms with E-state index in [2.05, 4.69) is 10.2 Å². The standard InChI is InChI=1S/C13H17F3N2.ClH/c1-17-6-9-2-3-18(7-9)8-10-4-11(14)13(16)12(15)5-10;/h4-5,9,17H,2-3,6-8H2,1H3;1H. The Morgan fingerprint density at radius 2 is 1.89 bits per heavy atom. The molecule has 1 aromatic rings. The smallest absolute Gasteiger partial charge is 0.194 e. The molecule has 6 heteroatoms. The molecule has 108 valence electrons.